The van der Waals surface area contributed by atoms with Crippen molar-refractivity contribution in [3.05, 3.63) is 56.1 Å². The van der Waals surface area contributed by atoms with Crippen LogP contribution in [0.2, 0.25) is 0 Å². The molecule has 0 bridgehead atoms. The second-order valence-corrected chi connectivity index (χ2v) is 6.49. The Balaban J connectivity index is 2.08. The van der Waals surface area contributed by atoms with Gasteiger partial charge in [0, 0.05) is 24.0 Å². The standard InChI is InChI=1S/C19H23N3OS/c1-5-7-8-14(6-2)10-21-13(4)12(3)15-9-16-18(23)20-19(24)22(16)11-17(15)21/h6-8,23H,3-5,9-11H2,1-2H3,(H,20,24). The molecule has 0 saturated heterocycles. The molecule has 0 aromatic carbocycles. The van der Waals surface area contributed by atoms with Crippen LogP contribution >= 0.6 is 12.2 Å². The Hall–Kier alpha value is -2.27. The second kappa shape index (κ2) is 6.32. The highest BCUT2D eigenvalue weighted by Gasteiger charge is 2.24. The van der Waals surface area contributed by atoms with Crippen molar-refractivity contribution < 1.29 is 5.11 Å². The lowest BCUT2D eigenvalue weighted by Crippen LogP contribution is -2.28. The van der Waals surface area contributed by atoms with E-state index in [2.05, 4.69) is 54.8 Å². The molecule has 3 rings (SSSR count). The first-order valence-electron chi connectivity index (χ1n) is 8.18. The molecule has 24 heavy (non-hydrogen) atoms. The summed E-state index contributed by atoms with van der Waals surface area (Å²) in [4.78, 5) is 2.84. The average molecular weight is 341 g/mol. The van der Waals surface area contributed by atoms with Crippen molar-refractivity contribution in [1.29, 1.82) is 0 Å². The van der Waals surface area contributed by atoms with Crippen LogP contribution < -0.4 is 10.6 Å². The quantitative estimate of drug-likeness (QED) is 0.566. The van der Waals surface area contributed by atoms with E-state index in [1.165, 1.54) is 11.3 Å². The van der Waals surface area contributed by atoms with E-state index < -0.39 is 0 Å². The number of aromatic hydroxyl groups is 1. The molecule has 0 radical (unpaired) electrons. The minimum atomic E-state index is 0.156. The normalized spacial score (nSPS) is 14.2. The molecule has 0 unspecified atom stereocenters. The Kier molecular flexibility index (Phi) is 4.37. The van der Waals surface area contributed by atoms with E-state index >= 15 is 0 Å². The maximum absolute atomic E-state index is 10.0. The van der Waals surface area contributed by atoms with Crippen molar-refractivity contribution in [3.8, 4) is 5.88 Å². The number of hydrogen-bond donors (Lipinski definition) is 2. The van der Waals surface area contributed by atoms with E-state index in [4.69, 9.17) is 12.2 Å². The van der Waals surface area contributed by atoms with Crippen molar-refractivity contribution in [2.24, 2.45) is 0 Å². The Morgan fingerprint density at radius 3 is 2.79 bits per heavy atom. The van der Waals surface area contributed by atoms with Crippen LogP contribution in [-0.2, 0) is 19.5 Å². The number of rotatable bonds is 4. The SMILES string of the molecule is C=c1c2c(n(CC(C=CCC)=CC)c1=C)Cn1c(c(O)[nH]c1=S)C2. The van der Waals surface area contributed by atoms with Gasteiger partial charge in [0.15, 0.2) is 4.77 Å². The molecule has 1 aliphatic heterocycles. The number of nitrogens with zero attached hydrogens (tertiary/aromatic N) is 2. The van der Waals surface area contributed by atoms with Crippen LogP contribution in [0, 0.1) is 4.77 Å². The first-order chi connectivity index (χ1) is 11.5. The fourth-order valence-corrected chi connectivity index (χ4v) is 3.54. The summed E-state index contributed by atoms with van der Waals surface area (Å²) in [6.07, 6.45) is 8.09. The average Bonchev–Trinajstić information content (AvgIpc) is 2.98. The van der Waals surface area contributed by atoms with E-state index in [0.717, 1.165) is 34.8 Å². The largest absolute Gasteiger partial charge is 0.493 e. The highest BCUT2D eigenvalue weighted by Crippen LogP contribution is 2.26. The molecule has 5 heteroatoms. The minimum Gasteiger partial charge on any atom is -0.493 e. The first-order valence-corrected chi connectivity index (χ1v) is 8.59. The molecule has 2 aromatic rings. The number of hydrogen-bond acceptors (Lipinski definition) is 2. The van der Waals surface area contributed by atoms with E-state index in [1.807, 2.05) is 4.57 Å². The molecule has 126 valence electrons. The van der Waals surface area contributed by atoms with Gasteiger partial charge in [-0.2, -0.15) is 0 Å². The predicted molar refractivity (Wildman–Crippen MR) is 101 cm³/mol. The molecule has 2 aromatic heterocycles. The molecule has 0 atom stereocenters. The van der Waals surface area contributed by atoms with Crippen LogP contribution in [0.3, 0.4) is 0 Å². The summed E-state index contributed by atoms with van der Waals surface area (Å²) < 4.78 is 4.73. The Morgan fingerprint density at radius 1 is 1.38 bits per heavy atom. The van der Waals surface area contributed by atoms with Gasteiger partial charge in [0.05, 0.1) is 12.2 Å². The van der Waals surface area contributed by atoms with Gasteiger partial charge in [0.1, 0.15) is 0 Å². The van der Waals surface area contributed by atoms with Gasteiger partial charge >= 0.3 is 0 Å². The zero-order chi connectivity index (χ0) is 17.4. The van der Waals surface area contributed by atoms with E-state index in [0.29, 0.717) is 17.7 Å². The molecule has 0 fully saturated rings. The van der Waals surface area contributed by atoms with Gasteiger partial charge in [0.2, 0.25) is 5.88 Å². The molecule has 4 nitrogen and oxygen atoms in total. The van der Waals surface area contributed by atoms with E-state index in [9.17, 15) is 5.11 Å². The molecular weight excluding hydrogens is 318 g/mol. The van der Waals surface area contributed by atoms with Gasteiger partial charge in [-0.1, -0.05) is 38.3 Å². The third-order valence-electron chi connectivity index (χ3n) is 4.71. The third-order valence-corrected chi connectivity index (χ3v) is 5.04. The smallest absolute Gasteiger partial charge is 0.211 e. The number of fused-ring (bicyclic) bond motifs is 2. The van der Waals surface area contributed by atoms with Gasteiger partial charge in [-0.25, -0.2) is 0 Å². The topological polar surface area (TPSA) is 45.9 Å². The zero-order valence-electron chi connectivity index (χ0n) is 14.2. The number of H-pyrrole nitrogens is 1. The summed E-state index contributed by atoms with van der Waals surface area (Å²) in [7, 11) is 0. The van der Waals surface area contributed by atoms with Gasteiger partial charge < -0.3 is 19.2 Å². The van der Waals surface area contributed by atoms with Gasteiger partial charge in [0.25, 0.3) is 0 Å². The van der Waals surface area contributed by atoms with Gasteiger partial charge in [-0.3, -0.25) is 0 Å². The summed E-state index contributed by atoms with van der Waals surface area (Å²) in [6.45, 7) is 14.0. The number of imidazole rings is 1. The number of aromatic amines is 1. The Bertz CT molecular complexity index is 1000. The van der Waals surface area contributed by atoms with Gasteiger partial charge in [-0.05, 0) is 41.9 Å². The highest BCUT2D eigenvalue weighted by atomic mass is 32.1. The zero-order valence-corrected chi connectivity index (χ0v) is 15.0. The van der Waals surface area contributed by atoms with Crippen molar-refractivity contribution in [1.82, 2.24) is 14.1 Å². The van der Waals surface area contributed by atoms with Crippen molar-refractivity contribution in [2.45, 2.75) is 39.8 Å². The second-order valence-electron chi connectivity index (χ2n) is 6.10. The van der Waals surface area contributed by atoms with Crippen LogP contribution in [0.4, 0.5) is 0 Å². The summed E-state index contributed by atoms with van der Waals surface area (Å²) in [5, 5.41) is 11.9. The van der Waals surface area contributed by atoms with Crippen LogP contribution in [0.1, 0.15) is 37.2 Å². The van der Waals surface area contributed by atoms with Gasteiger partial charge in [-0.15, -0.1) is 0 Å². The lowest BCUT2D eigenvalue weighted by molar-refractivity contribution is 0.447. The fraction of sp³-hybridized carbons (Fsp3) is 0.316. The van der Waals surface area contributed by atoms with Crippen molar-refractivity contribution in [2.75, 3.05) is 0 Å². The minimum absolute atomic E-state index is 0.156. The number of nitrogens with one attached hydrogen (secondary N) is 1. The molecule has 2 N–H and O–H groups in total. The third kappa shape index (κ3) is 2.59. The number of allylic oxidation sites excluding steroid dienone is 4. The monoisotopic (exact) mass is 341 g/mol. The summed E-state index contributed by atoms with van der Waals surface area (Å²) in [5.74, 6) is 0.156. The maximum atomic E-state index is 10.0. The summed E-state index contributed by atoms with van der Waals surface area (Å²) in [6, 6.07) is 0. The molecular formula is C19H23N3OS. The number of aromatic nitrogens is 3. The van der Waals surface area contributed by atoms with Crippen LogP contribution in [0.25, 0.3) is 13.2 Å². The molecule has 0 aliphatic carbocycles. The maximum Gasteiger partial charge on any atom is 0.211 e. The van der Waals surface area contributed by atoms with Crippen LogP contribution in [-0.4, -0.2) is 19.2 Å². The van der Waals surface area contributed by atoms with Crippen molar-refractivity contribution in [3.63, 3.8) is 0 Å². The Labute approximate surface area is 146 Å². The first kappa shape index (κ1) is 16.6. The lowest BCUT2D eigenvalue weighted by Gasteiger charge is -2.19. The molecule has 3 heterocycles. The lowest BCUT2D eigenvalue weighted by atomic mass is 10.0. The summed E-state index contributed by atoms with van der Waals surface area (Å²) >= 11 is 5.32. The van der Waals surface area contributed by atoms with E-state index in [-0.39, 0.29) is 5.88 Å². The summed E-state index contributed by atoms with van der Waals surface area (Å²) in [5.41, 5.74) is 4.40. The molecule has 0 spiro atoms. The van der Waals surface area contributed by atoms with E-state index in [1.54, 1.807) is 0 Å². The Morgan fingerprint density at radius 2 is 2.12 bits per heavy atom. The van der Waals surface area contributed by atoms with Crippen LogP contribution in [0.5, 0.6) is 5.88 Å². The highest BCUT2D eigenvalue weighted by molar-refractivity contribution is 7.71. The fourth-order valence-electron chi connectivity index (χ4n) is 3.26. The molecule has 0 saturated carbocycles. The van der Waals surface area contributed by atoms with Crippen LogP contribution in [0.15, 0.2) is 23.8 Å². The molecule has 0 amide bonds. The molecule has 1 aliphatic rings. The van der Waals surface area contributed by atoms with Crippen molar-refractivity contribution >= 4 is 25.4 Å². The predicted octanol–water partition coefficient (Wildman–Crippen LogP) is 2.74.